The SMILES string of the molecule is Cc1ccc(/C=C(/C#N)C(=O)NC(N)=O)o1. The van der Waals surface area contributed by atoms with E-state index in [0.29, 0.717) is 11.5 Å². The van der Waals surface area contributed by atoms with Crippen LogP contribution in [0.1, 0.15) is 11.5 Å². The van der Waals surface area contributed by atoms with Gasteiger partial charge in [-0.25, -0.2) is 4.79 Å². The third-order valence-electron chi connectivity index (χ3n) is 1.65. The molecule has 0 saturated carbocycles. The summed E-state index contributed by atoms with van der Waals surface area (Å²) in [6.45, 7) is 1.73. The lowest BCUT2D eigenvalue weighted by Crippen LogP contribution is -2.35. The molecule has 1 aromatic heterocycles. The molecule has 6 nitrogen and oxygen atoms in total. The molecule has 0 unspecified atom stereocenters. The molecule has 82 valence electrons. The first-order valence-corrected chi connectivity index (χ1v) is 4.32. The lowest BCUT2D eigenvalue weighted by Gasteiger charge is -1.97. The van der Waals surface area contributed by atoms with Gasteiger partial charge in [0.25, 0.3) is 5.91 Å². The van der Waals surface area contributed by atoms with Crippen LogP contribution in [0.4, 0.5) is 4.79 Å². The van der Waals surface area contributed by atoms with Crippen molar-refractivity contribution in [1.29, 1.82) is 5.26 Å². The van der Waals surface area contributed by atoms with Crippen LogP contribution in [0.5, 0.6) is 0 Å². The van der Waals surface area contributed by atoms with Crippen molar-refractivity contribution in [2.24, 2.45) is 5.73 Å². The van der Waals surface area contributed by atoms with E-state index in [1.165, 1.54) is 6.08 Å². The van der Waals surface area contributed by atoms with Crippen molar-refractivity contribution in [2.45, 2.75) is 6.92 Å². The molecule has 0 spiro atoms. The molecule has 3 amide bonds. The Balaban J connectivity index is 2.91. The number of carbonyl (C=O) groups is 2. The molecule has 6 heteroatoms. The zero-order chi connectivity index (χ0) is 12.1. The summed E-state index contributed by atoms with van der Waals surface area (Å²) in [6.07, 6.45) is 1.23. The summed E-state index contributed by atoms with van der Waals surface area (Å²) in [5, 5.41) is 10.5. The average molecular weight is 219 g/mol. The van der Waals surface area contributed by atoms with Crippen LogP contribution in [0.15, 0.2) is 22.1 Å². The molecule has 1 heterocycles. The van der Waals surface area contributed by atoms with Gasteiger partial charge in [0, 0.05) is 6.08 Å². The minimum absolute atomic E-state index is 0.256. The quantitative estimate of drug-likeness (QED) is 0.563. The van der Waals surface area contributed by atoms with Crippen molar-refractivity contribution >= 4 is 18.0 Å². The molecule has 0 aromatic carbocycles. The number of nitrogens with zero attached hydrogens (tertiary/aromatic N) is 1. The zero-order valence-corrected chi connectivity index (χ0v) is 8.48. The maximum Gasteiger partial charge on any atom is 0.319 e. The minimum Gasteiger partial charge on any atom is -0.462 e. The van der Waals surface area contributed by atoms with Crippen molar-refractivity contribution in [2.75, 3.05) is 0 Å². The monoisotopic (exact) mass is 219 g/mol. The minimum atomic E-state index is -1.01. The van der Waals surface area contributed by atoms with Crippen LogP contribution in [0.3, 0.4) is 0 Å². The van der Waals surface area contributed by atoms with E-state index in [2.05, 4.69) is 0 Å². The molecule has 1 rings (SSSR count). The molecule has 0 bridgehead atoms. The number of carbonyl (C=O) groups excluding carboxylic acids is 2. The van der Waals surface area contributed by atoms with E-state index in [4.69, 9.17) is 15.4 Å². The topological polar surface area (TPSA) is 109 Å². The number of amides is 3. The van der Waals surface area contributed by atoms with Crippen LogP contribution in [-0.4, -0.2) is 11.9 Å². The van der Waals surface area contributed by atoms with Crippen molar-refractivity contribution in [3.63, 3.8) is 0 Å². The average Bonchev–Trinajstić information content (AvgIpc) is 2.59. The number of hydrogen-bond acceptors (Lipinski definition) is 4. The lowest BCUT2D eigenvalue weighted by atomic mass is 10.2. The molecule has 0 aliphatic heterocycles. The zero-order valence-electron chi connectivity index (χ0n) is 8.48. The fourth-order valence-electron chi connectivity index (χ4n) is 1.00. The molecule has 0 aliphatic carbocycles. The summed E-state index contributed by atoms with van der Waals surface area (Å²) in [4.78, 5) is 21.7. The maximum absolute atomic E-state index is 11.3. The number of rotatable bonds is 2. The Kier molecular flexibility index (Phi) is 3.45. The van der Waals surface area contributed by atoms with Crippen LogP contribution in [0, 0.1) is 18.3 Å². The first kappa shape index (κ1) is 11.5. The van der Waals surface area contributed by atoms with E-state index in [9.17, 15) is 9.59 Å². The van der Waals surface area contributed by atoms with E-state index in [1.54, 1.807) is 30.4 Å². The molecule has 0 radical (unpaired) electrons. The number of hydrogen-bond donors (Lipinski definition) is 2. The second-order valence-electron chi connectivity index (χ2n) is 2.94. The Bertz CT molecular complexity index is 494. The molecule has 0 fully saturated rings. The van der Waals surface area contributed by atoms with E-state index >= 15 is 0 Å². The van der Waals surface area contributed by atoms with E-state index in [-0.39, 0.29) is 5.57 Å². The first-order valence-electron chi connectivity index (χ1n) is 4.32. The van der Waals surface area contributed by atoms with E-state index < -0.39 is 11.9 Å². The predicted molar refractivity (Wildman–Crippen MR) is 54.8 cm³/mol. The molecule has 16 heavy (non-hydrogen) atoms. The van der Waals surface area contributed by atoms with Gasteiger partial charge in [-0.05, 0) is 19.1 Å². The Morgan fingerprint density at radius 3 is 2.69 bits per heavy atom. The van der Waals surface area contributed by atoms with E-state index in [0.717, 1.165) is 0 Å². The van der Waals surface area contributed by atoms with Crippen LogP contribution >= 0.6 is 0 Å². The van der Waals surface area contributed by atoms with Gasteiger partial charge in [0.15, 0.2) is 0 Å². The molecule has 0 atom stereocenters. The predicted octanol–water partition coefficient (Wildman–Crippen LogP) is 0.690. The Hall–Kier alpha value is -2.55. The van der Waals surface area contributed by atoms with Gasteiger partial charge in [0.05, 0.1) is 0 Å². The number of primary amides is 1. The van der Waals surface area contributed by atoms with Gasteiger partial charge in [-0.15, -0.1) is 0 Å². The molecular formula is C10H9N3O3. The summed E-state index contributed by atoms with van der Waals surface area (Å²) in [7, 11) is 0. The van der Waals surface area contributed by atoms with Crippen molar-refractivity contribution in [3.8, 4) is 6.07 Å². The highest BCUT2D eigenvalue weighted by molar-refractivity contribution is 6.08. The second kappa shape index (κ2) is 4.79. The largest absolute Gasteiger partial charge is 0.462 e. The molecule has 0 aliphatic rings. The maximum atomic E-state index is 11.3. The Labute approximate surface area is 91.3 Å². The molecular weight excluding hydrogens is 210 g/mol. The number of nitrogens with one attached hydrogen (secondary N) is 1. The summed E-state index contributed by atoms with van der Waals surface area (Å²) in [5.74, 6) is 0.150. The highest BCUT2D eigenvalue weighted by Gasteiger charge is 2.11. The summed E-state index contributed by atoms with van der Waals surface area (Å²) < 4.78 is 5.15. The number of imide groups is 1. The van der Waals surface area contributed by atoms with Gasteiger partial charge in [-0.1, -0.05) is 0 Å². The summed E-state index contributed by atoms with van der Waals surface area (Å²) in [6, 6.07) is 3.92. The van der Waals surface area contributed by atoms with Crippen molar-refractivity contribution in [1.82, 2.24) is 5.32 Å². The third-order valence-corrected chi connectivity index (χ3v) is 1.65. The molecule has 0 saturated heterocycles. The van der Waals surface area contributed by atoms with Crippen LogP contribution in [-0.2, 0) is 4.79 Å². The van der Waals surface area contributed by atoms with Crippen LogP contribution in [0.25, 0.3) is 6.08 Å². The Morgan fingerprint density at radius 2 is 2.25 bits per heavy atom. The van der Waals surface area contributed by atoms with Crippen molar-refractivity contribution in [3.05, 3.63) is 29.2 Å². The smallest absolute Gasteiger partial charge is 0.319 e. The van der Waals surface area contributed by atoms with Gasteiger partial charge < -0.3 is 10.2 Å². The number of aryl methyl sites for hydroxylation is 1. The van der Waals surface area contributed by atoms with Crippen LogP contribution in [0.2, 0.25) is 0 Å². The standard InChI is InChI=1S/C10H9N3O3/c1-6-2-3-8(16-6)4-7(5-11)9(14)13-10(12)15/h2-4H,1H3,(H3,12,13,14,15)/b7-4-. The number of furan rings is 1. The third kappa shape index (κ3) is 2.99. The fourth-order valence-corrected chi connectivity index (χ4v) is 1.00. The Morgan fingerprint density at radius 1 is 1.56 bits per heavy atom. The summed E-state index contributed by atoms with van der Waals surface area (Å²) in [5.41, 5.74) is 4.50. The van der Waals surface area contributed by atoms with E-state index in [1.807, 2.05) is 0 Å². The normalized spacial score (nSPS) is 10.6. The first-order chi connectivity index (χ1) is 7.52. The second-order valence-corrected chi connectivity index (χ2v) is 2.94. The van der Waals surface area contributed by atoms with Gasteiger partial charge >= 0.3 is 6.03 Å². The summed E-state index contributed by atoms with van der Waals surface area (Å²) >= 11 is 0. The van der Waals surface area contributed by atoms with Gasteiger partial charge in [-0.3, -0.25) is 10.1 Å². The number of urea groups is 1. The van der Waals surface area contributed by atoms with Gasteiger partial charge in [-0.2, -0.15) is 5.26 Å². The molecule has 3 N–H and O–H groups in total. The number of nitriles is 1. The van der Waals surface area contributed by atoms with Crippen molar-refractivity contribution < 1.29 is 14.0 Å². The van der Waals surface area contributed by atoms with Crippen LogP contribution < -0.4 is 11.1 Å². The van der Waals surface area contributed by atoms with Gasteiger partial charge in [0.2, 0.25) is 0 Å². The highest BCUT2D eigenvalue weighted by Crippen LogP contribution is 2.10. The lowest BCUT2D eigenvalue weighted by molar-refractivity contribution is -0.115. The molecule has 1 aromatic rings. The fraction of sp³-hybridized carbons (Fsp3) is 0.100. The highest BCUT2D eigenvalue weighted by atomic mass is 16.3. The van der Waals surface area contributed by atoms with Gasteiger partial charge in [0.1, 0.15) is 23.2 Å². The number of nitrogens with two attached hydrogens (primary N) is 1.